The molecule has 1 rings (SSSR count). The number of nitrogens with zero attached hydrogens (tertiary/aromatic N) is 2. The molecule has 0 aromatic carbocycles. The van der Waals surface area contributed by atoms with Gasteiger partial charge in [-0.15, -0.1) is 11.6 Å². The zero-order chi connectivity index (χ0) is 13.1. The summed E-state index contributed by atoms with van der Waals surface area (Å²) < 4.78 is 1.99. The van der Waals surface area contributed by atoms with E-state index in [0.29, 0.717) is 0 Å². The Morgan fingerprint density at radius 2 is 2.06 bits per heavy atom. The highest BCUT2D eigenvalue weighted by Gasteiger charge is 2.22. The summed E-state index contributed by atoms with van der Waals surface area (Å²) in [5.41, 5.74) is 1.24. The first-order valence-electron chi connectivity index (χ1n) is 6.20. The lowest BCUT2D eigenvalue weighted by atomic mass is 9.89. The minimum absolute atomic E-state index is 0.129. The SMILES string of the molecule is CCCn1ncc(Cl)c1CCC(Cl)C(C)(C)C. The van der Waals surface area contributed by atoms with Gasteiger partial charge in [0.05, 0.1) is 16.9 Å². The Hall–Kier alpha value is -0.210. The minimum atomic E-state index is 0.129. The van der Waals surface area contributed by atoms with E-state index in [2.05, 4.69) is 32.8 Å². The Bertz CT molecular complexity index is 353. The van der Waals surface area contributed by atoms with E-state index < -0.39 is 0 Å². The molecular formula is C13H22Cl2N2. The van der Waals surface area contributed by atoms with Crippen LogP contribution >= 0.6 is 23.2 Å². The quantitative estimate of drug-likeness (QED) is 0.723. The fraction of sp³-hybridized carbons (Fsp3) is 0.769. The Balaban J connectivity index is 2.65. The number of rotatable bonds is 5. The summed E-state index contributed by atoms with van der Waals surface area (Å²) in [6.07, 6.45) is 4.62. The van der Waals surface area contributed by atoms with Gasteiger partial charge in [0, 0.05) is 11.9 Å². The molecule has 98 valence electrons. The Morgan fingerprint density at radius 1 is 1.41 bits per heavy atom. The van der Waals surface area contributed by atoms with Crippen LogP contribution in [0.1, 0.15) is 46.2 Å². The molecule has 0 fully saturated rings. The number of hydrogen-bond acceptors (Lipinski definition) is 1. The van der Waals surface area contributed by atoms with Crippen LogP contribution in [0.2, 0.25) is 5.02 Å². The summed E-state index contributed by atoms with van der Waals surface area (Å²) in [6, 6.07) is 0. The van der Waals surface area contributed by atoms with Crippen molar-refractivity contribution in [2.75, 3.05) is 0 Å². The second kappa shape index (κ2) is 6.10. The molecule has 1 aromatic heterocycles. The average Bonchev–Trinajstić information content (AvgIpc) is 2.56. The average molecular weight is 277 g/mol. The molecule has 0 aliphatic rings. The third kappa shape index (κ3) is 4.18. The molecule has 0 aliphatic heterocycles. The first kappa shape index (κ1) is 14.8. The molecule has 0 N–H and O–H groups in total. The Kier molecular flexibility index (Phi) is 5.33. The van der Waals surface area contributed by atoms with Crippen molar-refractivity contribution in [1.82, 2.24) is 9.78 Å². The number of aromatic nitrogens is 2. The zero-order valence-electron chi connectivity index (χ0n) is 11.1. The van der Waals surface area contributed by atoms with E-state index >= 15 is 0 Å². The van der Waals surface area contributed by atoms with E-state index in [4.69, 9.17) is 23.2 Å². The predicted molar refractivity (Wildman–Crippen MR) is 74.9 cm³/mol. The van der Waals surface area contributed by atoms with Crippen LogP contribution in [-0.2, 0) is 13.0 Å². The highest BCUT2D eigenvalue weighted by Crippen LogP contribution is 2.29. The molecular weight excluding hydrogens is 255 g/mol. The van der Waals surface area contributed by atoms with E-state index in [1.165, 1.54) is 0 Å². The topological polar surface area (TPSA) is 17.8 Å². The molecule has 1 heterocycles. The lowest BCUT2D eigenvalue weighted by Gasteiger charge is -2.25. The van der Waals surface area contributed by atoms with Crippen LogP contribution in [-0.4, -0.2) is 15.2 Å². The summed E-state index contributed by atoms with van der Waals surface area (Å²) in [4.78, 5) is 0. The fourth-order valence-electron chi connectivity index (χ4n) is 1.74. The van der Waals surface area contributed by atoms with Gasteiger partial charge in [0.25, 0.3) is 0 Å². The molecule has 0 bridgehead atoms. The van der Waals surface area contributed by atoms with Crippen LogP contribution in [0.3, 0.4) is 0 Å². The largest absolute Gasteiger partial charge is 0.268 e. The summed E-state index contributed by atoms with van der Waals surface area (Å²) in [6.45, 7) is 9.55. The van der Waals surface area contributed by atoms with E-state index in [9.17, 15) is 0 Å². The van der Waals surface area contributed by atoms with E-state index in [1.54, 1.807) is 6.20 Å². The van der Waals surface area contributed by atoms with Crippen molar-refractivity contribution in [2.45, 2.75) is 58.9 Å². The van der Waals surface area contributed by atoms with Gasteiger partial charge in [-0.25, -0.2) is 0 Å². The highest BCUT2D eigenvalue weighted by molar-refractivity contribution is 6.31. The first-order valence-corrected chi connectivity index (χ1v) is 7.02. The lowest BCUT2D eigenvalue weighted by molar-refractivity contribution is 0.371. The summed E-state index contributed by atoms with van der Waals surface area (Å²) in [5.74, 6) is 0. The fourth-order valence-corrected chi connectivity index (χ4v) is 2.08. The zero-order valence-corrected chi connectivity index (χ0v) is 12.6. The number of hydrogen-bond donors (Lipinski definition) is 0. The van der Waals surface area contributed by atoms with Gasteiger partial charge in [-0.3, -0.25) is 4.68 Å². The molecule has 2 nitrogen and oxygen atoms in total. The molecule has 0 saturated heterocycles. The molecule has 0 aliphatic carbocycles. The van der Waals surface area contributed by atoms with Gasteiger partial charge >= 0.3 is 0 Å². The van der Waals surface area contributed by atoms with Crippen molar-refractivity contribution in [3.05, 3.63) is 16.9 Å². The maximum Gasteiger partial charge on any atom is 0.0817 e. The van der Waals surface area contributed by atoms with Gasteiger partial charge in [0.2, 0.25) is 0 Å². The Morgan fingerprint density at radius 3 is 2.59 bits per heavy atom. The standard InChI is InChI=1S/C13H22Cl2N2/c1-5-8-17-11(10(14)9-16-17)6-7-12(15)13(2,3)4/h9,12H,5-8H2,1-4H3. The van der Waals surface area contributed by atoms with E-state index in [1.807, 2.05) is 4.68 Å². The van der Waals surface area contributed by atoms with Crippen molar-refractivity contribution in [2.24, 2.45) is 5.41 Å². The van der Waals surface area contributed by atoms with Gasteiger partial charge in [0.15, 0.2) is 0 Å². The molecule has 1 unspecified atom stereocenters. The third-order valence-electron chi connectivity index (χ3n) is 2.91. The Labute approximate surface area is 114 Å². The van der Waals surface area contributed by atoms with Gasteiger partial charge < -0.3 is 0 Å². The monoisotopic (exact) mass is 276 g/mol. The van der Waals surface area contributed by atoms with Gasteiger partial charge in [-0.05, 0) is 24.7 Å². The number of alkyl halides is 1. The maximum atomic E-state index is 6.38. The van der Waals surface area contributed by atoms with E-state index in [0.717, 1.165) is 36.5 Å². The summed E-state index contributed by atoms with van der Waals surface area (Å²) in [7, 11) is 0. The van der Waals surface area contributed by atoms with Gasteiger partial charge in [-0.2, -0.15) is 5.10 Å². The normalized spacial score (nSPS) is 14.0. The predicted octanol–water partition coefficient (Wildman–Crippen LogP) is 4.53. The third-order valence-corrected chi connectivity index (χ3v) is 4.10. The molecule has 4 heteroatoms. The smallest absolute Gasteiger partial charge is 0.0817 e. The van der Waals surface area contributed by atoms with Crippen molar-refractivity contribution in [3.63, 3.8) is 0 Å². The van der Waals surface area contributed by atoms with Crippen molar-refractivity contribution >= 4 is 23.2 Å². The maximum absolute atomic E-state index is 6.38. The van der Waals surface area contributed by atoms with Crippen LogP contribution in [0, 0.1) is 5.41 Å². The minimum Gasteiger partial charge on any atom is -0.268 e. The molecule has 0 radical (unpaired) electrons. The van der Waals surface area contributed by atoms with Crippen molar-refractivity contribution in [1.29, 1.82) is 0 Å². The number of halogens is 2. The molecule has 0 saturated carbocycles. The molecule has 1 aromatic rings. The molecule has 0 spiro atoms. The summed E-state index contributed by atoms with van der Waals surface area (Å²) >= 11 is 12.5. The second-order valence-corrected chi connectivity index (χ2v) is 6.47. The summed E-state index contributed by atoms with van der Waals surface area (Å²) in [5, 5.41) is 5.20. The second-order valence-electron chi connectivity index (χ2n) is 5.53. The highest BCUT2D eigenvalue weighted by atomic mass is 35.5. The molecule has 0 amide bonds. The van der Waals surface area contributed by atoms with Crippen LogP contribution in [0.5, 0.6) is 0 Å². The van der Waals surface area contributed by atoms with Gasteiger partial charge in [-0.1, -0.05) is 39.3 Å². The van der Waals surface area contributed by atoms with Gasteiger partial charge in [0.1, 0.15) is 0 Å². The van der Waals surface area contributed by atoms with Crippen LogP contribution < -0.4 is 0 Å². The number of aryl methyl sites for hydroxylation is 1. The van der Waals surface area contributed by atoms with Crippen LogP contribution in [0.25, 0.3) is 0 Å². The molecule has 17 heavy (non-hydrogen) atoms. The van der Waals surface area contributed by atoms with Crippen LogP contribution in [0.4, 0.5) is 0 Å². The first-order chi connectivity index (χ1) is 7.86. The lowest BCUT2D eigenvalue weighted by Crippen LogP contribution is -2.21. The molecule has 1 atom stereocenters. The van der Waals surface area contributed by atoms with Crippen molar-refractivity contribution < 1.29 is 0 Å². The van der Waals surface area contributed by atoms with Crippen LogP contribution in [0.15, 0.2) is 6.20 Å². The van der Waals surface area contributed by atoms with E-state index in [-0.39, 0.29) is 10.8 Å². The van der Waals surface area contributed by atoms with Crippen molar-refractivity contribution in [3.8, 4) is 0 Å².